The Hall–Kier alpha value is -1.97. The summed E-state index contributed by atoms with van der Waals surface area (Å²) in [6.07, 6.45) is 0.475. The van der Waals surface area contributed by atoms with Crippen molar-refractivity contribution in [3.05, 3.63) is 0 Å². The minimum atomic E-state index is -3.17. The molecule has 0 aromatic carbocycles. The number of carbonyl (C=O) groups excluding carboxylic acids is 3. The van der Waals surface area contributed by atoms with Crippen LogP contribution in [0.4, 0.5) is 0 Å². The van der Waals surface area contributed by atoms with Crippen LogP contribution in [0.5, 0.6) is 0 Å². The predicted octanol–water partition coefficient (Wildman–Crippen LogP) is -0.533. The van der Waals surface area contributed by atoms with Gasteiger partial charge in [-0.05, 0) is 12.3 Å². The first-order valence-electron chi connectivity index (χ1n) is 8.21. The molecule has 25 heavy (non-hydrogen) atoms. The Balaban J connectivity index is 1.94. The maximum Gasteiger partial charge on any atom is 0.355 e. The molecule has 140 valence electrons. The summed E-state index contributed by atoms with van der Waals surface area (Å²) in [5, 5.41) is 7.70. The first-order chi connectivity index (χ1) is 11.7. The Morgan fingerprint density at radius 1 is 1.36 bits per heavy atom. The van der Waals surface area contributed by atoms with Crippen LogP contribution in [0, 0.1) is 5.92 Å². The molecule has 2 heterocycles. The van der Waals surface area contributed by atoms with Gasteiger partial charge in [0.2, 0.25) is 5.91 Å². The van der Waals surface area contributed by atoms with Gasteiger partial charge in [-0.15, -0.1) is 0 Å². The van der Waals surface area contributed by atoms with Crippen molar-refractivity contribution < 1.29 is 27.5 Å². The van der Waals surface area contributed by atoms with E-state index < -0.39 is 34.4 Å². The second kappa shape index (κ2) is 7.94. The van der Waals surface area contributed by atoms with E-state index in [1.807, 2.05) is 13.8 Å². The summed E-state index contributed by atoms with van der Waals surface area (Å²) >= 11 is 0. The van der Waals surface area contributed by atoms with Gasteiger partial charge in [0, 0.05) is 19.4 Å². The average Bonchev–Trinajstić information content (AvgIpc) is 2.90. The molecule has 0 aliphatic carbocycles. The molecule has 0 aromatic rings. The third-order valence-corrected chi connectivity index (χ3v) is 5.64. The molecule has 2 rings (SSSR count). The van der Waals surface area contributed by atoms with Crippen LogP contribution in [0.3, 0.4) is 0 Å². The lowest BCUT2D eigenvalue weighted by Crippen LogP contribution is -2.42. The van der Waals surface area contributed by atoms with E-state index in [-0.39, 0.29) is 41.9 Å². The summed E-state index contributed by atoms with van der Waals surface area (Å²) in [6.45, 7) is 3.95. The van der Waals surface area contributed by atoms with E-state index >= 15 is 0 Å². The standard InChI is InChI=1S/C15H23N3O6S/c1-10(2)7-16-13(19)8-24-15(21)12-3-4-14(20)18(17-12)11-5-6-25(22,23)9-11/h10-11H,3-9H2,1-2H3,(H,16,19)/t11-/m1/s1. The molecule has 0 saturated carbocycles. The Labute approximate surface area is 146 Å². The molecule has 2 aliphatic heterocycles. The number of nitrogens with zero attached hydrogens (tertiary/aromatic N) is 2. The van der Waals surface area contributed by atoms with Crippen LogP contribution in [0.15, 0.2) is 5.10 Å². The van der Waals surface area contributed by atoms with Crippen molar-refractivity contribution in [1.82, 2.24) is 10.3 Å². The maximum absolute atomic E-state index is 12.0. The van der Waals surface area contributed by atoms with Gasteiger partial charge in [0.05, 0.1) is 17.5 Å². The van der Waals surface area contributed by atoms with Crippen molar-refractivity contribution in [2.75, 3.05) is 24.7 Å². The summed E-state index contributed by atoms with van der Waals surface area (Å²) in [4.78, 5) is 35.6. The fourth-order valence-electron chi connectivity index (χ4n) is 2.56. The smallest absolute Gasteiger partial charge is 0.355 e. The normalized spacial score (nSPS) is 22.7. The molecule has 0 bridgehead atoms. The lowest BCUT2D eigenvalue weighted by molar-refractivity contribution is -0.143. The van der Waals surface area contributed by atoms with Gasteiger partial charge in [-0.25, -0.2) is 18.2 Å². The summed E-state index contributed by atoms with van der Waals surface area (Å²) in [6, 6.07) is -0.546. The Bertz CT molecular complexity index is 685. The molecule has 1 saturated heterocycles. The second-order valence-corrected chi connectivity index (χ2v) is 8.84. The topological polar surface area (TPSA) is 122 Å². The predicted molar refractivity (Wildman–Crippen MR) is 89.4 cm³/mol. The molecule has 2 amide bonds. The number of rotatable bonds is 6. The number of hydrogen-bond donors (Lipinski definition) is 1. The number of carbonyl (C=O) groups is 3. The largest absolute Gasteiger partial charge is 0.451 e. The Kier molecular flexibility index (Phi) is 6.15. The Morgan fingerprint density at radius 3 is 2.68 bits per heavy atom. The van der Waals surface area contributed by atoms with Gasteiger partial charge in [0.25, 0.3) is 5.91 Å². The zero-order valence-electron chi connectivity index (χ0n) is 14.4. The zero-order chi connectivity index (χ0) is 18.6. The highest BCUT2D eigenvalue weighted by molar-refractivity contribution is 7.91. The third kappa shape index (κ3) is 5.52. The molecule has 1 N–H and O–H groups in total. The van der Waals surface area contributed by atoms with E-state index in [9.17, 15) is 22.8 Å². The van der Waals surface area contributed by atoms with E-state index in [1.165, 1.54) is 0 Å². The van der Waals surface area contributed by atoms with Gasteiger partial charge < -0.3 is 10.1 Å². The lowest BCUT2D eigenvalue weighted by atomic mass is 10.1. The van der Waals surface area contributed by atoms with Gasteiger partial charge in [-0.1, -0.05) is 13.8 Å². The van der Waals surface area contributed by atoms with E-state index in [0.29, 0.717) is 13.0 Å². The highest BCUT2D eigenvalue weighted by Crippen LogP contribution is 2.22. The van der Waals surface area contributed by atoms with Crippen LogP contribution >= 0.6 is 0 Å². The molecule has 9 nitrogen and oxygen atoms in total. The number of esters is 1. The van der Waals surface area contributed by atoms with E-state index in [0.717, 1.165) is 5.01 Å². The molecular formula is C15H23N3O6S. The number of hydrogen-bond acceptors (Lipinski definition) is 7. The van der Waals surface area contributed by atoms with Crippen LogP contribution in [-0.4, -0.2) is 67.6 Å². The molecule has 0 radical (unpaired) electrons. The van der Waals surface area contributed by atoms with Crippen LogP contribution in [-0.2, 0) is 29.0 Å². The minimum Gasteiger partial charge on any atom is -0.451 e. The number of sulfone groups is 1. The summed E-state index contributed by atoms with van der Waals surface area (Å²) in [5.74, 6) is -1.35. The average molecular weight is 373 g/mol. The molecule has 0 spiro atoms. The minimum absolute atomic E-state index is 0.00672. The van der Waals surface area contributed by atoms with Gasteiger partial charge in [0.15, 0.2) is 16.4 Å². The summed E-state index contributed by atoms with van der Waals surface area (Å²) < 4.78 is 28.1. The second-order valence-electron chi connectivity index (χ2n) is 6.62. The van der Waals surface area contributed by atoms with Crippen LogP contribution in [0.2, 0.25) is 0 Å². The van der Waals surface area contributed by atoms with E-state index in [4.69, 9.17) is 4.74 Å². The molecule has 1 fully saturated rings. The number of amides is 2. The summed E-state index contributed by atoms with van der Waals surface area (Å²) in [7, 11) is -3.17. The molecule has 0 aromatic heterocycles. The van der Waals surface area contributed by atoms with Crippen molar-refractivity contribution >= 4 is 33.3 Å². The van der Waals surface area contributed by atoms with Gasteiger partial charge in [-0.3, -0.25) is 9.59 Å². The van der Waals surface area contributed by atoms with Crippen molar-refractivity contribution in [1.29, 1.82) is 0 Å². The van der Waals surface area contributed by atoms with Crippen LogP contribution in [0.1, 0.15) is 33.1 Å². The first-order valence-corrected chi connectivity index (χ1v) is 10.0. The van der Waals surface area contributed by atoms with Crippen molar-refractivity contribution in [3.63, 3.8) is 0 Å². The first kappa shape index (κ1) is 19.4. The molecule has 2 aliphatic rings. The quantitative estimate of drug-likeness (QED) is 0.625. The highest BCUT2D eigenvalue weighted by Gasteiger charge is 2.37. The highest BCUT2D eigenvalue weighted by atomic mass is 32.2. The van der Waals surface area contributed by atoms with Crippen LogP contribution in [0.25, 0.3) is 0 Å². The number of hydrazone groups is 1. The number of ether oxygens (including phenoxy) is 1. The van der Waals surface area contributed by atoms with Crippen molar-refractivity contribution in [2.24, 2.45) is 11.0 Å². The fraction of sp³-hybridized carbons (Fsp3) is 0.733. The van der Waals surface area contributed by atoms with E-state index in [1.54, 1.807) is 0 Å². The van der Waals surface area contributed by atoms with Gasteiger partial charge in [-0.2, -0.15) is 5.10 Å². The SMILES string of the molecule is CC(C)CNC(=O)COC(=O)C1=NN([C@@H]2CCS(=O)(=O)C2)C(=O)CC1. The lowest BCUT2D eigenvalue weighted by Gasteiger charge is -2.27. The Morgan fingerprint density at radius 2 is 2.08 bits per heavy atom. The zero-order valence-corrected chi connectivity index (χ0v) is 15.2. The molecule has 1 atom stereocenters. The number of nitrogens with one attached hydrogen (secondary N) is 1. The van der Waals surface area contributed by atoms with Crippen LogP contribution < -0.4 is 5.32 Å². The molecular weight excluding hydrogens is 350 g/mol. The van der Waals surface area contributed by atoms with E-state index in [2.05, 4.69) is 10.4 Å². The van der Waals surface area contributed by atoms with Crippen molar-refractivity contribution in [3.8, 4) is 0 Å². The third-order valence-electron chi connectivity index (χ3n) is 3.89. The monoisotopic (exact) mass is 373 g/mol. The summed E-state index contributed by atoms with van der Waals surface area (Å²) in [5.41, 5.74) is 0.0283. The molecule has 0 unspecified atom stereocenters. The van der Waals surface area contributed by atoms with Crippen molar-refractivity contribution in [2.45, 2.75) is 39.2 Å². The molecule has 10 heteroatoms. The fourth-order valence-corrected chi connectivity index (χ4v) is 4.25. The maximum atomic E-state index is 12.0. The van der Waals surface area contributed by atoms with Gasteiger partial charge >= 0.3 is 5.97 Å². The van der Waals surface area contributed by atoms with Gasteiger partial charge in [0.1, 0.15) is 5.71 Å².